The van der Waals surface area contributed by atoms with E-state index in [-0.39, 0.29) is 0 Å². The maximum absolute atomic E-state index is 11.0. The maximum atomic E-state index is 11.0. The van der Waals surface area contributed by atoms with Crippen LogP contribution in [0, 0.1) is 0 Å². The normalized spacial score (nSPS) is 24.4. The highest BCUT2D eigenvalue weighted by Gasteiger charge is 2.23. The minimum absolute atomic E-state index is 0.432. The Balaban J connectivity index is 2.13. The van der Waals surface area contributed by atoms with Crippen LogP contribution in [-0.4, -0.2) is 5.78 Å². The summed E-state index contributed by atoms with van der Waals surface area (Å²) in [5.74, 6) is 0.968. The Labute approximate surface area is 70.1 Å². The standard InChI is InChI=1S/C9H10OS/c10-9-2-1-7(5-9)8-3-4-11-6-8/h3-4,6-7H,1-2,5H2. The highest BCUT2D eigenvalue weighted by molar-refractivity contribution is 7.07. The predicted molar refractivity (Wildman–Crippen MR) is 45.9 cm³/mol. The van der Waals surface area contributed by atoms with Gasteiger partial charge in [0.15, 0.2) is 0 Å². The Morgan fingerprint density at radius 3 is 3.00 bits per heavy atom. The van der Waals surface area contributed by atoms with E-state index in [0.717, 1.165) is 19.3 Å². The number of carbonyl (C=O) groups is 1. The van der Waals surface area contributed by atoms with Gasteiger partial charge in [-0.25, -0.2) is 0 Å². The van der Waals surface area contributed by atoms with Gasteiger partial charge in [-0.1, -0.05) is 0 Å². The molecule has 1 aliphatic carbocycles. The molecule has 1 heterocycles. The Morgan fingerprint density at radius 2 is 2.45 bits per heavy atom. The van der Waals surface area contributed by atoms with Crippen LogP contribution in [0.4, 0.5) is 0 Å². The molecule has 0 spiro atoms. The summed E-state index contributed by atoms with van der Waals surface area (Å²) in [7, 11) is 0. The second-order valence-electron chi connectivity index (χ2n) is 3.04. The van der Waals surface area contributed by atoms with Gasteiger partial charge in [0.2, 0.25) is 0 Å². The third-order valence-corrected chi connectivity index (χ3v) is 2.96. The van der Waals surface area contributed by atoms with Crippen molar-refractivity contribution in [2.75, 3.05) is 0 Å². The highest BCUT2D eigenvalue weighted by Crippen LogP contribution is 2.32. The van der Waals surface area contributed by atoms with Gasteiger partial charge in [-0.15, -0.1) is 0 Å². The van der Waals surface area contributed by atoms with Crippen molar-refractivity contribution in [1.82, 2.24) is 0 Å². The molecule has 0 saturated heterocycles. The Bertz CT molecular complexity index is 251. The van der Waals surface area contributed by atoms with Gasteiger partial charge in [-0.2, -0.15) is 11.3 Å². The molecular weight excluding hydrogens is 156 g/mol. The average molecular weight is 166 g/mol. The minimum atomic E-state index is 0.432. The molecule has 0 aromatic carbocycles. The molecule has 2 rings (SSSR count). The average Bonchev–Trinajstić information content (AvgIpc) is 2.55. The molecule has 1 saturated carbocycles. The summed E-state index contributed by atoms with van der Waals surface area (Å²) in [5.41, 5.74) is 1.36. The molecule has 1 atom stereocenters. The zero-order valence-electron chi connectivity index (χ0n) is 6.25. The molecule has 0 bridgehead atoms. The van der Waals surface area contributed by atoms with Crippen molar-refractivity contribution in [1.29, 1.82) is 0 Å². The largest absolute Gasteiger partial charge is 0.300 e. The molecule has 1 unspecified atom stereocenters. The fourth-order valence-electron chi connectivity index (χ4n) is 1.61. The molecular formula is C9H10OS. The number of hydrogen-bond donors (Lipinski definition) is 0. The Kier molecular flexibility index (Phi) is 1.78. The fraction of sp³-hybridized carbons (Fsp3) is 0.444. The number of Topliss-reactive ketones (excluding diaryl/α,β-unsaturated/α-hetero) is 1. The van der Waals surface area contributed by atoms with Crippen LogP contribution in [0.2, 0.25) is 0 Å². The second-order valence-corrected chi connectivity index (χ2v) is 3.82. The molecule has 1 aromatic heterocycles. The summed E-state index contributed by atoms with van der Waals surface area (Å²) in [4.78, 5) is 11.0. The topological polar surface area (TPSA) is 17.1 Å². The molecule has 1 aliphatic rings. The van der Waals surface area contributed by atoms with Gasteiger partial charge in [-0.05, 0) is 34.7 Å². The van der Waals surface area contributed by atoms with E-state index in [1.54, 1.807) is 11.3 Å². The summed E-state index contributed by atoms with van der Waals surface area (Å²) >= 11 is 1.72. The van der Waals surface area contributed by atoms with Crippen LogP contribution < -0.4 is 0 Å². The minimum Gasteiger partial charge on any atom is -0.300 e. The number of ketones is 1. The van der Waals surface area contributed by atoms with Gasteiger partial charge >= 0.3 is 0 Å². The van der Waals surface area contributed by atoms with Gasteiger partial charge in [-0.3, -0.25) is 4.79 Å². The lowest BCUT2D eigenvalue weighted by Gasteiger charge is -2.02. The van der Waals surface area contributed by atoms with Crippen LogP contribution >= 0.6 is 11.3 Å². The van der Waals surface area contributed by atoms with E-state index >= 15 is 0 Å². The number of thiophene rings is 1. The van der Waals surface area contributed by atoms with Gasteiger partial charge in [0, 0.05) is 12.8 Å². The SMILES string of the molecule is O=C1CCC(c2ccsc2)C1. The molecule has 0 amide bonds. The monoisotopic (exact) mass is 166 g/mol. The van der Waals surface area contributed by atoms with Crippen LogP contribution in [0.3, 0.4) is 0 Å². The third-order valence-electron chi connectivity index (χ3n) is 2.26. The molecule has 0 aliphatic heterocycles. The van der Waals surface area contributed by atoms with Gasteiger partial charge < -0.3 is 0 Å². The van der Waals surface area contributed by atoms with E-state index in [1.807, 2.05) is 0 Å². The second kappa shape index (κ2) is 2.78. The van der Waals surface area contributed by atoms with Crippen LogP contribution in [0.25, 0.3) is 0 Å². The number of carbonyl (C=O) groups excluding carboxylic acids is 1. The smallest absolute Gasteiger partial charge is 0.133 e. The molecule has 1 nitrogen and oxygen atoms in total. The van der Waals surface area contributed by atoms with Crippen molar-refractivity contribution < 1.29 is 4.79 Å². The van der Waals surface area contributed by atoms with E-state index in [0.29, 0.717) is 11.7 Å². The summed E-state index contributed by atoms with van der Waals surface area (Å²) in [6.45, 7) is 0. The summed E-state index contributed by atoms with van der Waals surface area (Å²) in [5, 5.41) is 4.24. The van der Waals surface area contributed by atoms with Gasteiger partial charge in [0.25, 0.3) is 0 Å². The molecule has 11 heavy (non-hydrogen) atoms. The van der Waals surface area contributed by atoms with Crippen molar-refractivity contribution in [3.63, 3.8) is 0 Å². The zero-order valence-corrected chi connectivity index (χ0v) is 7.06. The summed E-state index contributed by atoms with van der Waals surface area (Å²) in [6.07, 6.45) is 2.63. The molecule has 0 N–H and O–H groups in total. The molecule has 58 valence electrons. The first-order chi connectivity index (χ1) is 5.36. The van der Waals surface area contributed by atoms with Gasteiger partial charge in [0.05, 0.1) is 0 Å². The maximum Gasteiger partial charge on any atom is 0.133 e. The number of rotatable bonds is 1. The first kappa shape index (κ1) is 7.04. The van der Waals surface area contributed by atoms with E-state index in [2.05, 4.69) is 16.8 Å². The summed E-state index contributed by atoms with van der Waals surface area (Å²) < 4.78 is 0. The molecule has 2 heteroatoms. The summed E-state index contributed by atoms with van der Waals surface area (Å²) in [6, 6.07) is 2.13. The van der Waals surface area contributed by atoms with Crippen LogP contribution in [0.5, 0.6) is 0 Å². The first-order valence-electron chi connectivity index (χ1n) is 3.90. The molecule has 0 radical (unpaired) electrons. The van der Waals surface area contributed by atoms with E-state index in [9.17, 15) is 4.79 Å². The van der Waals surface area contributed by atoms with Gasteiger partial charge in [0.1, 0.15) is 5.78 Å². The van der Waals surface area contributed by atoms with Crippen LogP contribution in [0.1, 0.15) is 30.7 Å². The lowest BCUT2D eigenvalue weighted by molar-refractivity contribution is -0.117. The molecule has 1 fully saturated rings. The van der Waals surface area contributed by atoms with E-state index < -0.39 is 0 Å². The Morgan fingerprint density at radius 1 is 1.55 bits per heavy atom. The van der Waals surface area contributed by atoms with Crippen molar-refractivity contribution in [2.24, 2.45) is 0 Å². The molecule has 1 aromatic rings. The number of hydrogen-bond acceptors (Lipinski definition) is 2. The highest BCUT2D eigenvalue weighted by atomic mass is 32.1. The lowest BCUT2D eigenvalue weighted by Crippen LogP contribution is -1.91. The predicted octanol–water partition coefficient (Wildman–Crippen LogP) is 2.58. The van der Waals surface area contributed by atoms with E-state index in [4.69, 9.17) is 0 Å². The van der Waals surface area contributed by atoms with Crippen LogP contribution in [0.15, 0.2) is 16.8 Å². The van der Waals surface area contributed by atoms with E-state index in [1.165, 1.54) is 5.56 Å². The quantitative estimate of drug-likeness (QED) is 0.626. The fourth-order valence-corrected chi connectivity index (χ4v) is 2.35. The first-order valence-corrected chi connectivity index (χ1v) is 4.84. The van der Waals surface area contributed by atoms with Crippen molar-refractivity contribution in [3.05, 3.63) is 22.4 Å². The van der Waals surface area contributed by atoms with Crippen LogP contribution in [-0.2, 0) is 4.79 Å². The lowest BCUT2D eigenvalue weighted by atomic mass is 10.0. The third kappa shape index (κ3) is 1.36. The Hall–Kier alpha value is -0.630. The van der Waals surface area contributed by atoms with Crippen molar-refractivity contribution in [3.8, 4) is 0 Å². The van der Waals surface area contributed by atoms with Crippen molar-refractivity contribution >= 4 is 17.1 Å². The van der Waals surface area contributed by atoms with Crippen molar-refractivity contribution in [2.45, 2.75) is 25.2 Å². The zero-order chi connectivity index (χ0) is 7.68.